The van der Waals surface area contributed by atoms with Gasteiger partial charge in [-0.15, -0.1) is 0 Å². The largest absolute Gasteiger partial charge is 0.324 e. The average Bonchev–Trinajstić information content (AvgIpc) is 2.69. The van der Waals surface area contributed by atoms with Crippen molar-refractivity contribution < 1.29 is 17.6 Å². The highest BCUT2D eigenvalue weighted by molar-refractivity contribution is 7.92. The third kappa shape index (κ3) is 4.98. The van der Waals surface area contributed by atoms with Crippen LogP contribution >= 0.6 is 11.6 Å². The molecule has 30 heavy (non-hydrogen) atoms. The molecule has 5 nitrogen and oxygen atoms in total. The first-order valence-corrected chi connectivity index (χ1v) is 10.9. The molecule has 3 aromatic rings. The van der Waals surface area contributed by atoms with Crippen LogP contribution in [0.2, 0.25) is 5.02 Å². The Hall–Kier alpha value is -2.90. The molecule has 0 saturated heterocycles. The monoisotopic (exact) mass is 446 g/mol. The number of rotatable bonds is 6. The van der Waals surface area contributed by atoms with Crippen LogP contribution in [0.4, 0.5) is 15.8 Å². The quantitative estimate of drug-likeness (QED) is 0.583. The zero-order valence-corrected chi connectivity index (χ0v) is 18.0. The van der Waals surface area contributed by atoms with Gasteiger partial charge in [0.1, 0.15) is 12.4 Å². The minimum atomic E-state index is -4.06. The second kappa shape index (κ2) is 8.85. The molecule has 0 unspecified atom stereocenters. The van der Waals surface area contributed by atoms with E-state index >= 15 is 0 Å². The summed E-state index contributed by atoms with van der Waals surface area (Å²) in [5.74, 6) is -1.05. The molecule has 0 fully saturated rings. The molecule has 0 heterocycles. The Kier molecular flexibility index (Phi) is 6.43. The van der Waals surface area contributed by atoms with Crippen molar-refractivity contribution in [1.29, 1.82) is 0 Å². The molecule has 1 amide bonds. The van der Waals surface area contributed by atoms with Gasteiger partial charge in [-0.25, -0.2) is 12.8 Å². The number of halogens is 2. The predicted octanol–water partition coefficient (Wildman–Crippen LogP) is 4.93. The number of nitrogens with one attached hydrogen (secondary N) is 1. The molecule has 3 rings (SSSR count). The second-order valence-corrected chi connectivity index (χ2v) is 9.11. The number of carbonyl (C=O) groups excluding carboxylic acids is 1. The summed E-state index contributed by atoms with van der Waals surface area (Å²) in [4.78, 5) is 12.7. The van der Waals surface area contributed by atoms with Crippen LogP contribution in [-0.4, -0.2) is 20.9 Å². The fourth-order valence-corrected chi connectivity index (χ4v) is 4.50. The zero-order valence-electron chi connectivity index (χ0n) is 16.4. The van der Waals surface area contributed by atoms with Gasteiger partial charge in [-0.2, -0.15) is 0 Å². The first-order chi connectivity index (χ1) is 14.2. The lowest BCUT2D eigenvalue weighted by molar-refractivity contribution is -0.114. The lowest BCUT2D eigenvalue weighted by Gasteiger charge is -2.24. The van der Waals surface area contributed by atoms with Crippen molar-refractivity contribution in [3.8, 4) is 0 Å². The summed E-state index contributed by atoms with van der Waals surface area (Å²) in [6.07, 6.45) is 0. The topological polar surface area (TPSA) is 66.5 Å². The summed E-state index contributed by atoms with van der Waals surface area (Å²) in [6, 6.07) is 16.2. The molecule has 1 N–H and O–H groups in total. The smallest absolute Gasteiger partial charge is 0.264 e. The molecule has 3 aromatic carbocycles. The van der Waals surface area contributed by atoms with Crippen molar-refractivity contribution in [1.82, 2.24) is 0 Å². The number of nitrogens with zero attached hydrogens (tertiary/aromatic N) is 1. The Bertz CT molecular complexity index is 1160. The lowest BCUT2D eigenvalue weighted by Crippen LogP contribution is -2.38. The Morgan fingerprint density at radius 2 is 1.63 bits per heavy atom. The van der Waals surface area contributed by atoms with Crippen LogP contribution in [0, 0.1) is 19.7 Å². The number of benzene rings is 3. The Morgan fingerprint density at radius 1 is 1.00 bits per heavy atom. The minimum absolute atomic E-state index is 0.0351. The number of aryl methyl sites for hydroxylation is 2. The first-order valence-electron chi connectivity index (χ1n) is 9.08. The van der Waals surface area contributed by atoms with E-state index in [-0.39, 0.29) is 10.6 Å². The highest BCUT2D eigenvalue weighted by atomic mass is 35.5. The van der Waals surface area contributed by atoms with Gasteiger partial charge in [-0.1, -0.05) is 29.3 Å². The van der Waals surface area contributed by atoms with Gasteiger partial charge in [-0.05, 0) is 74.0 Å². The summed E-state index contributed by atoms with van der Waals surface area (Å²) < 4.78 is 40.9. The molecule has 8 heteroatoms. The second-order valence-electron chi connectivity index (χ2n) is 6.81. The molecule has 0 aliphatic heterocycles. The summed E-state index contributed by atoms with van der Waals surface area (Å²) in [7, 11) is -4.06. The summed E-state index contributed by atoms with van der Waals surface area (Å²) in [5, 5.41) is 3.23. The van der Waals surface area contributed by atoms with Crippen LogP contribution in [0.1, 0.15) is 11.1 Å². The van der Waals surface area contributed by atoms with Crippen LogP contribution in [0.15, 0.2) is 71.6 Å². The standard InChI is InChI=1S/C22H20ClFN2O3S/c1-15-3-10-20(11-4-15)30(28,29)26(19-8-6-18(24)7-9-19)14-22(27)25-21-12-5-17(23)13-16(21)2/h3-13H,14H2,1-2H3,(H,25,27). The van der Waals surface area contributed by atoms with E-state index in [1.165, 1.54) is 24.3 Å². The van der Waals surface area contributed by atoms with E-state index in [1.807, 2.05) is 6.92 Å². The Balaban J connectivity index is 1.94. The maximum atomic E-state index is 13.4. The number of carbonyl (C=O) groups is 1. The molecular weight excluding hydrogens is 427 g/mol. The molecule has 0 radical (unpaired) electrons. The van der Waals surface area contributed by atoms with Crippen LogP contribution in [-0.2, 0) is 14.8 Å². The van der Waals surface area contributed by atoms with Crippen LogP contribution in [0.5, 0.6) is 0 Å². The van der Waals surface area contributed by atoms with Gasteiger partial charge in [0.25, 0.3) is 10.0 Å². The van der Waals surface area contributed by atoms with Crippen molar-refractivity contribution in [2.45, 2.75) is 18.7 Å². The highest BCUT2D eigenvalue weighted by Crippen LogP contribution is 2.25. The molecule has 0 bridgehead atoms. The zero-order chi connectivity index (χ0) is 21.9. The van der Waals surface area contributed by atoms with Crippen molar-refractivity contribution in [2.24, 2.45) is 0 Å². The van der Waals surface area contributed by atoms with Gasteiger partial charge in [0.05, 0.1) is 10.6 Å². The number of sulfonamides is 1. The third-order valence-electron chi connectivity index (χ3n) is 4.47. The molecular formula is C22H20ClFN2O3S. The lowest BCUT2D eigenvalue weighted by atomic mass is 10.2. The van der Waals surface area contributed by atoms with E-state index < -0.39 is 28.3 Å². The van der Waals surface area contributed by atoms with Crippen LogP contribution < -0.4 is 9.62 Å². The number of amides is 1. The molecule has 0 aliphatic rings. The van der Waals surface area contributed by atoms with E-state index in [0.717, 1.165) is 27.6 Å². The van der Waals surface area contributed by atoms with Gasteiger partial charge < -0.3 is 5.32 Å². The fourth-order valence-electron chi connectivity index (χ4n) is 2.85. The summed E-state index contributed by atoms with van der Waals surface area (Å²) in [6.45, 7) is 3.14. The van der Waals surface area contributed by atoms with E-state index in [4.69, 9.17) is 11.6 Å². The van der Waals surface area contributed by atoms with Gasteiger partial charge in [0.15, 0.2) is 0 Å². The first kappa shape index (κ1) is 21.8. The Labute approximate surface area is 180 Å². The Morgan fingerprint density at radius 3 is 2.23 bits per heavy atom. The molecule has 156 valence electrons. The van der Waals surface area contributed by atoms with Crippen molar-refractivity contribution in [2.75, 3.05) is 16.2 Å². The van der Waals surface area contributed by atoms with Crippen LogP contribution in [0.25, 0.3) is 0 Å². The van der Waals surface area contributed by atoms with Gasteiger partial charge in [-0.3, -0.25) is 9.10 Å². The van der Waals surface area contributed by atoms with E-state index in [1.54, 1.807) is 37.3 Å². The van der Waals surface area contributed by atoms with Crippen LogP contribution in [0.3, 0.4) is 0 Å². The maximum absolute atomic E-state index is 13.4. The maximum Gasteiger partial charge on any atom is 0.264 e. The number of anilines is 2. The molecule has 0 aliphatic carbocycles. The fraction of sp³-hybridized carbons (Fsp3) is 0.136. The number of hydrogen-bond acceptors (Lipinski definition) is 3. The van der Waals surface area contributed by atoms with Gasteiger partial charge in [0, 0.05) is 10.7 Å². The predicted molar refractivity (Wildman–Crippen MR) is 117 cm³/mol. The molecule has 0 saturated carbocycles. The van der Waals surface area contributed by atoms with Crippen molar-refractivity contribution in [3.63, 3.8) is 0 Å². The third-order valence-corrected chi connectivity index (χ3v) is 6.50. The summed E-state index contributed by atoms with van der Waals surface area (Å²) in [5.41, 5.74) is 2.35. The minimum Gasteiger partial charge on any atom is -0.324 e. The van der Waals surface area contributed by atoms with E-state index in [0.29, 0.717) is 10.7 Å². The SMILES string of the molecule is Cc1ccc(S(=O)(=O)N(CC(=O)Nc2ccc(Cl)cc2C)c2ccc(F)cc2)cc1. The van der Waals surface area contributed by atoms with Crippen molar-refractivity contribution >= 4 is 38.9 Å². The molecule has 0 aromatic heterocycles. The molecule has 0 atom stereocenters. The molecule has 0 spiro atoms. The van der Waals surface area contributed by atoms with Gasteiger partial charge >= 0.3 is 0 Å². The average molecular weight is 447 g/mol. The normalized spacial score (nSPS) is 11.2. The van der Waals surface area contributed by atoms with E-state index in [2.05, 4.69) is 5.32 Å². The summed E-state index contributed by atoms with van der Waals surface area (Å²) >= 11 is 5.94. The van der Waals surface area contributed by atoms with Crippen molar-refractivity contribution in [3.05, 3.63) is 88.7 Å². The number of hydrogen-bond donors (Lipinski definition) is 1. The highest BCUT2D eigenvalue weighted by Gasteiger charge is 2.27. The van der Waals surface area contributed by atoms with E-state index in [9.17, 15) is 17.6 Å². The van der Waals surface area contributed by atoms with Gasteiger partial charge in [0.2, 0.25) is 5.91 Å².